The van der Waals surface area contributed by atoms with Crippen molar-refractivity contribution in [1.82, 2.24) is 9.61 Å². The van der Waals surface area contributed by atoms with Gasteiger partial charge in [-0.25, -0.2) is 4.52 Å². The maximum Gasteiger partial charge on any atom is 0.175 e. The molecule has 0 radical (unpaired) electrons. The van der Waals surface area contributed by atoms with Crippen molar-refractivity contribution in [1.29, 1.82) is 0 Å². The van der Waals surface area contributed by atoms with Crippen molar-refractivity contribution in [3.05, 3.63) is 31.8 Å². The predicted molar refractivity (Wildman–Crippen MR) is 84.7 cm³/mol. The smallest absolute Gasteiger partial charge is 0.175 e. The lowest BCUT2D eigenvalue weighted by molar-refractivity contribution is -0.893. The number of quaternary nitrogens is 1. The monoisotopic (exact) mass is 275 g/mol. The summed E-state index contributed by atoms with van der Waals surface area (Å²) in [7, 11) is 6.75. The Kier molecular flexibility index (Phi) is 3.65. The first kappa shape index (κ1) is 14.7. The molecular weight excluding hydrogens is 250 g/mol. The van der Waals surface area contributed by atoms with Gasteiger partial charge in [0.25, 0.3) is 0 Å². The first-order valence-corrected chi connectivity index (χ1v) is 6.76. The number of nitrogens with two attached hydrogens (primary N) is 1. The SMILES string of the molecule is C[N+](C)(C)C1CCN(c2nn3ccccc3c2N)C1.[CH3-]. The van der Waals surface area contributed by atoms with Crippen LogP contribution in [0.3, 0.4) is 0 Å². The molecule has 0 aliphatic carbocycles. The third kappa shape index (κ3) is 2.33. The van der Waals surface area contributed by atoms with Crippen molar-refractivity contribution in [3.63, 3.8) is 0 Å². The van der Waals surface area contributed by atoms with Gasteiger partial charge < -0.3 is 22.5 Å². The average Bonchev–Trinajstić information content (AvgIpc) is 2.94. The Bertz CT molecular complexity index is 596. The van der Waals surface area contributed by atoms with Crippen molar-refractivity contribution in [2.45, 2.75) is 12.5 Å². The first-order chi connectivity index (χ1) is 8.97. The van der Waals surface area contributed by atoms with E-state index in [-0.39, 0.29) is 7.43 Å². The second-order valence-electron chi connectivity index (χ2n) is 6.27. The normalized spacial score (nSPS) is 19.4. The molecule has 1 aliphatic rings. The summed E-state index contributed by atoms with van der Waals surface area (Å²) in [6, 6.07) is 6.63. The third-order valence-corrected chi connectivity index (χ3v) is 4.12. The summed E-state index contributed by atoms with van der Waals surface area (Å²) >= 11 is 0. The molecule has 5 nitrogen and oxygen atoms in total. The van der Waals surface area contributed by atoms with Crippen LogP contribution >= 0.6 is 0 Å². The fraction of sp³-hybridized carbons (Fsp3) is 0.467. The van der Waals surface area contributed by atoms with Crippen LogP contribution in [0.1, 0.15) is 6.42 Å². The van der Waals surface area contributed by atoms with E-state index in [4.69, 9.17) is 5.73 Å². The van der Waals surface area contributed by atoms with E-state index in [1.165, 1.54) is 6.42 Å². The van der Waals surface area contributed by atoms with Gasteiger partial charge in [0, 0.05) is 19.2 Å². The number of nitrogen functional groups attached to an aromatic ring is 1. The lowest BCUT2D eigenvalue weighted by Gasteiger charge is -2.31. The van der Waals surface area contributed by atoms with Gasteiger partial charge in [-0.2, -0.15) is 0 Å². The van der Waals surface area contributed by atoms with Crippen LogP contribution in [0.5, 0.6) is 0 Å². The van der Waals surface area contributed by atoms with Gasteiger partial charge in [-0.1, -0.05) is 6.07 Å². The average molecular weight is 275 g/mol. The van der Waals surface area contributed by atoms with Gasteiger partial charge in [-0.05, 0) is 12.1 Å². The van der Waals surface area contributed by atoms with Crippen molar-refractivity contribution < 1.29 is 4.48 Å². The van der Waals surface area contributed by atoms with Gasteiger partial charge in [0.2, 0.25) is 0 Å². The molecule has 3 heterocycles. The Labute approximate surface area is 121 Å². The fourth-order valence-electron chi connectivity index (χ4n) is 2.81. The minimum Gasteiger partial charge on any atom is -0.394 e. The van der Waals surface area contributed by atoms with Gasteiger partial charge in [0.15, 0.2) is 5.82 Å². The van der Waals surface area contributed by atoms with E-state index in [0.717, 1.165) is 34.6 Å². The Morgan fingerprint density at radius 3 is 2.65 bits per heavy atom. The third-order valence-electron chi connectivity index (χ3n) is 4.12. The number of fused-ring (bicyclic) bond motifs is 1. The quantitative estimate of drug-likeness (QED) is 0.669. The topological polar surface area (TPSA) is 46.6 Å². The predicted octanol–water partition coefficient (Wildman–Crippen LogP) is 1.65. The summed E-state index contributed by atoms with van der Waals surface area (Å²) < 4.78 is 2.85. The summed E-state index contributed by atoms with van der Waals surface area (Å²) in [5, 5.41) is 4.62. The van der Waals surface area contributed by atoms with Crippen molar-refractivity contribution in [2.75, 3.05) is 44.9 Å². The maximum atomic E-state index is 6.24. The standard InChI is InChI=1S/C14H22N5.CH3/c1-19(2,3)11-7-9-17(10-11)14-13(15)12-6-4-5-8-18(12)16-14;/h4-6,8,11H,7,9-10,15H2,1-3H3;1H3/q+1;-1. The van der Waals surface area contributed by atoms with E-state index < -0.39 is 0 Å². The molecule has 2 aromatic heterocycles. The van der Waals surface area contributed by atoms with Crippen LogP contribution in [-0.2, 0) is 0 Å². The largest absolute Gasteiger partial charge is 0.394 e. The summed E-state index contributed by atoms with van der Waals surface area (Å²) in [5.41, 5.74) is 8.03. The lowest BCUT2D eigenvalue weighted by Crippen LogP contribution is -2.46. The summed E-state index contributed by atoms with van der Waals surface area (Å²) in [6.45, 7) is 2.06. The van der Waals surface area contributed by atoms with Crippen LogP contribution in [0.25, 0.3) is 5.52 Å². The fourth-order valence-corrected chi connectivity index (χ4v) is 2.81. The van der Waals surface area contributed by atoms with E-state index in [1.54, 1.807) is 0 Å². The van der Waals surface area contributed by atoms with Gasteiger partial charge in [-0.3, -0.25) is 0 Å². The minimum absolute atomic E-state index is 0. The second-order valence-corrected chi connectivity index (χ2v) is 6.27. The van der Waals surface area contributed by atoms with E-state index in [9.17, 15) is 0 Å². The van der Waals surface area contributed by atoms with E-state index in [1.807, 2.05) is 28.9 Å². The van der Waals surface area contributed by atoms with Gasteiger partial charge in [0.1, 0.15) is 11.7 Å². The zero-order valence-corrected chi connectivity index (χ0v) is 12.9. The minimum atomic E-state index is 0. The highest BCUT2D eigenvalue weighted by Gasteiger charge is 2.34. The highest BCUT2D eigenvalue weighted by atomic mass is 15.4. The van der Waals surface area contributed by atoms with Crippen LogP contribution in [0, 0.1) is 7.43 Å². The molecule has 1 atom stereocenters. The van der Waals surface area contributed by atoms with E-state index in [2.05, 4.69) is 31.1 Å². The number of likely N-dealkylation sites (N-methyl/N-ethyl adjacent to an activating group) is 1. The molecule has 3 rings (SSSR count). The molecule has 1 fully saturated rings. The van der Waals surface area contributed by atoms with Crippen LogP contribution in [0.4, 0.5) is 11.5 Å². The highest BCUT2D eigenvalue weighted by Crippen LogP contribution is 2.30. The molecule has 0 spiro atoms. The molecule has 110 valence electrons. The van der Waals surface area contributed by atoms with E-state index >= 15 is 0 Å². The number of pyridine rings is 1. The molecule has 0 amide bonds. The molecule has 1 aliphatic heterocycles. The lowest BCUT2D eigenvalue weighted by atomic mass is 10.2. The summed E-state index contributed by atoms with van der Waals surface area (Å²) in [4.78, 5) is 2.32. The van der Waals surface area contributed by atoms with Crippen LogP contribution < -0.4 is 10.6 Å². The Hall–Kier alpha value is -1.75. The van der Waals surface area contributed by atoms with Gasteiger partial charge >= 0.3 is 0 Å². The molecule has 0 saturated carbocycles. The molecule has 1 saturated heterocycles. The number of hydrogen-bond acceptors (Lipinski definition) is 3. The summed E-state index contributed by atoms with van der Waals surface area (Å²) in [5.74, 6) is 0.933. The number of anilines is 2. The molecule has 0 aromatic carbocycles. The Balaban J connectivity index is 0.00000147. The van der Waals surface area contributed by atoms with Gasteiger partial charge in [0.05, 0.1) is 33.2 Å². The van der Waals surface area contributed by atoms with Crippen molar-refractivity contribution >= 4 is 17.0 Å². The molecule has 2 aromatic rings. The Morgan fingerprint density at radius 2 is 2.05 bits per heavy atom. The number of aromatic nitrogens is 2. The van der Waals surface area contributed by atoms with Crippen molar-refractivity contribution in [2.24, 2.45) is 0 Å². The maximum absolute atomic E-state index is 6.24. The van der Waals surface area contributed by atoms with Crippen LogP contribution in [-0.4, -0.2) is 54.4 Å². The van der Waals surface area contributed by atoms with Crippen LogP contribution in [0.15, 0.2) is 24.4 Å². The van der Waals surface area contributed by atoms with Crippen molar-refractivity contribution in [3.8, 4) is 0 Å². The number of hydrogen-bond donors (Lipinski definition) is 1. The highest BCUT2D eigenvalue weighted by molar-refractivity contribution is 5.81. The summed E-state index contributed by atoms with van der Waals surface area (Å²) in [6.07, 6.45) is 3.14. The molecule has 5 heteroatoms. The molecule has 2 N–H and O–H groups in total. The number of nitrogens with zero attached hydrogens (tertiary/aromatic N) is 4. The van der Waals surface area contributed by atoms with E-state index in [0.29, 0.717) is 6.04 Å². The molecule has 1 unspecified atom stereocenters. The Morgan fingerprint density at radius 1 is 1.30 bits per heavy atom. The number of rotatable bonds is 2. The zero-order valence-electron chi connectivity index (χ0n) is 12.9. The van der Waals surface area contributed by atoms with Crippen LogP contribution in [0.2, 0.25) is 0 Å². The molecule has 0 bridgehead atoms. The van der Waals surface area contributed by atoms with Gasteiger partial charge in [-0.15, -0.1) is 5.10 Å². The molecule has 20 heavy (non-hydrogen) atoms. The first-order valence-electron chi connectivity index (χ1n) is 6.76. The zero-order chi connectivity index (χ0) is 13.6. The second kappa shape index (κ2) is 4.98. The molecular formula is C15H25N5.